The fourth-order valence-corrected chi connectivity index (χ4v) is 2.42. The van der Waals surface area contributed by atoms with Gasteiger partial charge >= 0.3 is 5.97 Å². The number of rotatable bonds is 2. The van der Waals surface area contributed by atoms with Crippen molar-refractivity contribution < 1.29 is 9.53 Å². The van der Waals surface area contributed by atoms with Crippen molar-refractivity contribution in [2.75, 3.05) is 0 Å². The van der Waals surface area contributed by atoms with E-state index in [0.717, 1.165) is 5.56 Å². The maximum absolute atomic E-state index is 11.9. The van der Waals surface area contributed by atoms with Gasteiger partial charge < -0.3 is 4.74 Å². The van der Waals surface area contributed by atoms with Crippen LogP contribution in [0.5, 0.6) is 0 Å². The van der Waals surface area contributed by atoms with Crippen LogP contribution in [0.25, 0.3) is 0 Å². The fourth-order valence-electron chi connectivity index (χ4n) is 1.52. The standard InChI is InChI=1S/C12H16O2S/c1-12(2,3)14-11(13)10-7-15-6-9(10)8-4-5-8/h6-8H,4-5H2,1-3H3. The molecule has 0 aliphatic heterocycles. The second-order valence-electron chi connectivity index (χ2n) is 5.02. The highest BCUT2D eigenvalue weighted by Gasteiger charge is 2.30. The van der Waals surface area contributed by atoms with Gasteiger partial charge in [0.25, 0.3) is 0 Å². The Labute approximate surface area is 94.3 Å². The van der Waals surface area contributed by atoms with Crippen LogP contribution in [0.15, 0.2) is 10.8 Å². The molecule has 1 heterocycles. The van der Waals surface area contributed by atoms with E-state index in [4.69, 9.17) is 4.74 Å². The molecule has 0 saturated heterocycles. The molecular formula is C12H16O2S. The molecule has 0 spiro atoms. The Morgan fingerprint density at radius 2 is 2.07 bits per heavy atom. The molecule has 0 aromatic carbocycles. The van der Waals surface area contributed by atoms with Gasteiger partial charge in [0.1, 0.15) is 5.60 Å². The summed E-state index contributed by atoms with van der Waals surface area (Å²) in [5.41, 5.74) is 1.56. The average Bonchev–Trinajstić information content (AvgIpc) is 2.80. The summed E-state index contributed by atoms with van der Waals surface area (Å²) in [7, 11) is 0. The van der Waals surface area contributed by atoms with E-state index in [1.807, 2.05) is 26.2 Å². The van der Waals surface area contributed by atoms with Crippen LogP contribution in [0, 0.1) is 0 Å². The largest absolute Gasteiger partial charge is 0.456 e. The lowest BCUT2D eigenvalue weighted by molar-refractivity contribution is 0.00690. The summed E-state index contributed by atoms with van der Waals surface area (Å²) < 4.78 is 5.37. The molecule has 0 bridgehead atoms. The van der Waals surface area contributed by atoms with Crippen LogP contribution in [-0.4, -0.2) is 11.6 Å². The van der Waals surface area contributed by atoms with Gasteiger partial charge in [-0.25, -0.2) is 4.79 Å². The molecule has 0 unspecified atom stereocenters. The number of thiophene rings is 1. The van der Waals surface area contributed by atoms with Crippen molar-refractivity contribution >= 4 is 17.3 Å². The first-order valence-electron chi connectivity index (χ1n) is 5.27. The molecule has 2 nitrogen and oxygen atoms in total. The molecule has 1 saturated carbocycles. The number of ether oxygens (including phenoxy) is 1. The van der Waals surface area contributed by atoms with Gasteiger partial charge in [0.2, 0.25) is 0 Å². The molecule has 0 N–H and O–H groups in total. The van der Waals surface area contributed by atoms with E-state index in [2.05, 4.69) is 5.38 Å². The summed E-state index contributed by atoms with van der Waals surface area (Å²) in [6.45, 7) is 5.69. The second-order valence-corrected chi connectivity index (χ2v) is 5.76. The fraction of sp³-hybridized carbons (Fsp3) is 0.583. The second kappa shape index (κ2) is 3.63. The van der Waals surface area contributed by atoms with Crippen LogP contribution < -0.4 is 0 Å². The molecule has 1 aliphatic rings. The normalized spacial score (nSPS) is 16.5. The first-order valence-corrected chi connectivity index (χ1v) is 6.21. The minimum absolute atomic E-state index is 0.175. The first-order chi connectivity index (χ1) is 6.97. The van der Waals surface area contributed by atoms with E-state index in [1.54, 1.807) is 11.3 Å². The maximum atomic E-state index is 11.9. The van der Waals surface area contributed by atoms with Crippen molar-refractivity contribution in [2.24, 2.45) is 0 Å². The van der Waals surface area contributed by atoms with E-state index in [9.17, 15) is 4.79 Å². The Kier molecular flexibility index (Phi) is 2.59. The zero-order valence-electron chi connectivity index (χ0n) is 9.37. The Morgan fingerprint density at radius 3 is 2.60 bits per heavy atom. The van der Waals surface area contributed by atoms with Gasteiger partial charge in [0, 0.05) is 5.38 Å². The van der Waals surface area contributed by atoms with Crippen molar-refractivity contribution in [1.82, 2.24) is 0 Å². The van der Waals surface area contributed by atoms with Gasteiger partial charge in [0.15, 0.2) is 0 Å². The Hall–Kier alpha value is -0.830. The highest BCUT2D eigenvalue weighted by atomic mass is 32.1. The minimum Gasteiger partial charge on any atom is -0.456 e. The number of carbonyl (C=O) groups excluding carboxylic acids is 1. The number of hydrogen-bond donors (Lipinski definition) is 0. The third kappa shape index (κ3) is 2.59. The van der Waals surface area contributed by atoms with Crippen LogP contribution in [0.1, 0.15) is 55.5 Å². The quantitative estimate of drug-likeness (QED) is 0.718. The van der Waals surface area contributed by atoms with Crippen molar-refractivity contribution in [1.29, 1.82) is 0 Å². The van der Waals surface area contributed by atoms with Gasteiger partial charge in [0.05, 0.1) is 5.56 Å². The van der Waals surface area contributed by atoms with E-state index in [0.29, 0.717) is 5.92 Å². The lowest BCUT2D eigenvalue weighted by atomic mass is 10.1. The van der Waals surface area contributed by atoms with Crippen LogP contribution in [0.4, 0.5) is 0 Å². The third-order valence-corrected chi connectivity index (χ3v) is 3.09. The van der Waals surface area contributed by atoms with Gasteiger partial charge in [-0.3, -0.25) is 0 Å². The summed E-state index contributed by atoms with van der Waals surface area (Å²) in [4.78, 5) is 11.9. The van der Waals surface area contributed by atoms with E-state index >= 15 is 0 Å². The van der Waals surface area contributed by atoms with Gasteiger partial charge in [-0.2, -0.15) is 11.3 Å². The molecule has 0 amide bonds. The molecule has 15 heavy (non-hydrogen) atoms. The lowest BCUT2D eigenvalue weighted by Crippen LogP contribution is -2.24. The topological polar surface area (TPSA) is 26.3 Å². The highest BCUT2D eigenvalue weighted by Crippen LogP contribution is 2.43. The molecule has 82 valence electrons. The van der Waals surface area contributed by atoms with Crippen molar-refractivity contribution in [3.05, 3.63) is 21.9 Å². The molecule has 1 fully saturated rings. The summed E-state index contributed by atoms with van der Waals surface area (Å²) in [5, 5.41) is 3.98. The third-order valence-electron chi connectivity index (χ3n) is 2.33. The number of carbonyl (C=O) groups is 1. The number of hydrogen-bond acceptors (Lipinski definition) is 3. The summed E-state index contributed by atoms with van der Waals surface area (Å²) >= 11 is 1.59. The van der Waals surface area contributed by atoms with Crippen molar-refractivity contribution in [2.45, 2.75) is 45.1 Å². The summed E-state index contributed by atoms with van der Waals surface area (Å²) in [6.07, 6.45) is 2.43. The van der Waals surface area contributed by atoms with E-state index < -0.39 is 5.60 Å². The zero-order valence-corrected chi connectivity index (χ0v) is 10.2. The van der Waals surface area contributed by atoms with E-state index in [1.165, 1.54) is 18.4 Å². The molecular weight excluding hydrogens is 208 g/mol. The molecule has 1 aromatic rings. The first kappa shape index (κ1) is 10.7. The molecule has 1 aromatic heterocycles. The van der Waals surface area contributed by atoms with Crippen LogP contribution in [-0.2, 0) is 4.74 Å². The smallest absolute Gasteiger partial charge is 0.339 e. The Bertz CT molecular complexity index is 369. The lowest BCUT2D eigenvalue weighted by Gasteiger charge is -2.19. The SMILES string of the molecule is CC(C)(C)OC(=O)c1cscc1C1CC1. The van der Waals surface area contributed by atoms with Crippen LogP contribution in [0.2, 0.25) is 0 Å². The predicted molar refractivity (Wildman–Crippen MR) is 61.5 cm³/mol. The minimum atomic E-state index is -0.403. The van der Waals surface area contributed by atoms with Gasteiger partial charge in [-0.05, 0) is 50.5 Å². The van der Waals surface area contributed by atoms with Gasteiger partial charge in [-0.15, -0.1) is 0 Å². The number of esters is 1. The molecule has 2 rings (SSSR count). The molecule has 0 radical (unpaired) electrons. The highest BCUT2D eigenvalue weighted by molar-refractivity contribution is 7.08. The molecule has 0 atom stereocenters. The Morgan fingerprint density at radius 1 is 1.40 bits per heavy atom. The van der Waals surface area contributed by atoms with Crippen LogP contribution in [0.3, 0.4) is 0 Å². The van der Waals surface area contributed by atoms with Crippen LogP contribution >= 0.6 is 11.3 Å². The maximum Gasteiger partial charge on any atom is 0.339 e. The van der Waals surface area contributed by atoms with Crippen molar-refractivity contribution in [3.8, 4) is 0 Å². The van der Waals surface area contributed by atoms with Gasteiger partial charge in [-0.1, -0.05) is 0 Å². The average molecular weight is 224 g/mol. The molecule has 1 aliphatic carbocycles. The summed E-state index contributed by atoms with van der Waals surface area (Å²) in [5.74, 6) is 0.435. The Balaban J connectivity index is 2.14. The summed E-state index contributed by atoms with van der Waals surface area (Å²) in [6, 6.07) is 0. The monoisotopic (exact) mass is 224 g/mol. The van der Waals surface area contributed by atoms with E-state index in [-0.39, 0.29) is 5.97 Å². The van der Waals surface area contributed by atoms with Crippen molar-refractivity contribution in [3.63, 3.8) is 0 Å². The predicted octanol–water partition coefficient (Wildman–Crippen LogP) is 3.58. The molecule has 3 heteroatoms. The zero-order chi connectivity index (χ0) is 11.1.